The molecule has 0 spiro atoms. The second-order valence-corrected chi connectivity index (χ2v) is 6.83. The van der Waals surface area contributed by atoms with Gasteiger partial charge in [0.15, 0.2) is 0 Å². The molecule has 4 nitrogen and oxygen atoms in total. The SMILES string of the molecule is COC(=O)C(NC(=O)CCSc1ccc(C)c(C)c1)C(C)C. The van der Waals surface area contributed by atoms with Crippen LogP contribution >= 0.6 is 11.8 Å². The maximum absolute atomic E-state index is 12.0. The molecule has 1 unspecified atom stereocenters. The van der Waals surface area contributed by atoms with E-state index in [4.69, 9.17) is 4.74 Å². The van der Waals surface area contributed by atoms with E-state index >= 15 is 0 Å². The van der Waals surface area contributed by atoms with Crippen molar-refractivity contribution in [1.82, 2.24) is 5.32 Å². The second-order valence-electron chi connectivity index (χ2n) is 5.66. The Kier molecular flexibility index (Phi) is 7.45. The molecular weight excluding hydrogens is 298 g/mol. The summed E-state index contributed by atoms with van der Waals surface area (Å²) in [7, 11) is 1.33. The minimum absolute atomic E-state index is 0.00352. The number of rotatable bonds is 7. The van der Waals surface area contributed by atoms with E-state index < -0.39 is 12.0 Å². The summed E-state index contributed by atoms with van der Waals surface area (Å²) in [4.78, 5) is 24.7. The largest absolute Gasteiger partial charge is 0.467 e. The number of nitrogens with one attached hydrogen (secondary N) is 1. The molecule has 1 N–H and O–H groups in total. The molecule has 22 heavy (non-hydrogen) atoms. The van der Waals surface area contributed by atoms with Gasteiger partial charge in [-0.1, -0.05) is 19.9 Å². The van der Waals surface area contributed by atoms with Gasteiger partial charge in [0.1, 0.15) is 6.04 Å². The molecule has 1 aromatic carbocycles. The van der Waals surface area contributed by atoms with Crippen molar-refractivity contribution in [2.24, 2.45) is 5.92 Å². The molecule has 0 bridgehead atoms. The average molecular weight is 323 g/mol. The number of benzene rings is 1. The van der Waals surface area contributed by atoms with Crippen LogP contribution in [0.25, 0.3) is 0 Å². The summed E-state index contributed by atoms with van der Waals surface area (Å²) in [5.41, 5.74) is 2.51. The molecule has 122 valence electrons. The first-order valence-corrected chi connectivity index (χ1v) is 8.41. The van der Waals surface area contributed by atoms with Crippen LogP contribution in [0.1, 0.15) is 31.4 Å². The predicted molar refractivity (Wildman–Crippen MR) is 90.0 cm³/mol. The number of carbonyl (C=O) groups excluding carboxylic acids is 2. The minimum Gasteiger partial charge on any atom is -0.467 e. The van der Waals surface area contributed by atoms with Crippen molar-refractivity contribution in [1.29, 1.82) is 0 Å². The van der Waals surface area contributed by atoms with E-state index in [0.29, 0.717) is 12.2 Å². The summed E-state index contributed by atoms with van der Waals surface area (Å²) in [5.74, 6) is 0.162. The van der Waals surface area contributed by atoms with E-state index in [0.717, 1.165) is 4.90 Å². The van der Waals surface area contributed by atoms with Crippen LogP contribution in [0.4, 0.5) is 0 Å². The fourth-order valence-corrected chi connectivity index (χ4v) is 2.88. The number of carbonyl (C=O) groups is 2. The number of aryl methyl sites for hydroxylation is 2. The van der Waals surface area contributed by atoms with Gasteiger partial charge < -0.3 is 10.1 Å². The van der Waals surface area contributed by atoms with Crippen LogP contribution in [-0.4, -0.2) is 30.8 Å². The topological polar surface area (TPSA) is 55.4 Å². The normalized spacial score (nSPS) is 12.1. The molecule has 0 aliphatic heterocycles. The van der Waals surface area contributed by atoms with Crippen LogP contribution in [0.15, 0.2) is 23.1 Å². The van der Waals surface area contributed by atoms with Crippen molar-refractivity contribution in [3.63, 3.8) is 0 Å². The smallest absolute Gasteiger partial charge is 0.328 e. The Hall–Kier alpha value is -1.49. The van der Waals surface area contributed by atoms with Gasteiger partial charge in [-0.05, 0) is 43.0 Å². The fraction of sp³-hybridized carbons (Fsp3) is 0.529. The number of thioether (sulfide) groups is 1. The molecule has 1 rings (SSSR count). The molecule has 1 atom stereocenters. The van der Waals surface area contributed by atoms with Crippen LogP contribution in [0.2, 0.25) is 0 Å². The number of ether oxygens (including phenoxy) is 1. The summed E-state index contributed by atoms with van der Waals surface area (Å²) in [5, 5.41) is 2.75. The minimum atomic E-state index is -0.580. The summed E-state index contributed by atoms with van der Waals surface area (Å²) < 4.78 is 4.71. The Morgan fingerprint density at radius 3 is 2.45 bits per heavy atom. The molecule has 0 saturated carbocycles. The van der Waals surface area contributed by atoms with Gasteiger partial charge in [-0.15, -0.1) is 11.8 Å². The molecule has 1 aromatic rings. The number of hydrogen-bond acceptors (Lipinski definition) is 4. The second kappa shape index (κ2) is 8.83. The average Bonchev–Trinajstić information content (AvgIpc) is 2.47. The lowest BCUT2D eigenvalue weighted by atomic mass is 10.0. The standard InChI is InChI=1S/C17H25NO3S/c1-11(2)16(17(20)21-5)18-15(19)8-9-22-14-7-6-12(3)13(4)10-14/h6-7,10-11,16H,8-9H2,1-5H3,(H,18,19). The Labute approximate surface area is 137 Å². The van der Waals surface area contributed by atoms with E-state index in [-0.39, 0.29) is 11.8 Å². The zero-order valence-corrected chi connectivity index (χ0v) is 14.8. The van der Waals surface area contributed by atoms with Crippen molar-refractivity contribution in [2.45, 2.75) is 45.1 Å². The molecule has 0 saturated heterocycles. The highest BCUT2D eigenvalue weighted by atomic mass is 32.2. The summed E-state index contributed by atoms with van der Waals surface area (Å²) in [6, 6.07) is 5.70. The molecule has 1 amide bonds. The molecule has 0 fully saturated rings. The number of hydrogen-bond donors (Lipinski definition) is 1. The zero-order valence-electron chi connectivity index (χ0n) is 13.9. The molecule has 0 aliphatic rings. The van der Waals surface area contributed by atoms with Crippen LogP contribution in [-0.2, 0) is 14.3 Å². The lowest BCUT2D eigenvalue weighted by Crippen LogP contribution is -2.45. The summed E-state index contributed by atoms with van der Waals surface area (Å²) in [6.07, 6.45) is 0.373. The van der Waals surface area contributed by atoms with Crippen LogP contribution in [0.5, 0.6) is 0 Å². The number of amides is 1. The van der Waals surface area contributed by atoms with Crippen molar-refractivity contribution in [3.8, 4) is 0 Å². The maximum atomic E-state index is 12.0. The van der Waals surface area contributed by atoms with Crippen molar-refractivity contribution >= 4 is 23.6 Å². The quantitative estimate of drug-likeness (QED) is 0.619. The molecule has 0 aliphatic carbocycles. The molecule has 0 aromatic heterocycles. The lowest BCUT2D eigenvalue weighted by Gasteiger charge is -2.19. The van der Waals surface area contributed by atoms with Crippen LogP contribution in [0.3, 0.4) is 0 Å². The monoisotopic (exact) mass is 323 g/mol. The van der Waals surface area contributed by atoms with Crippen molar-refractivity contribution in [2.75, 3.05) is 12.9 Å². The Morgan fingerprint density at radius 1 is 1.23 bits per heavy atom. The van der Waals surface area contributed by atoms with Gasteiger partial charge in [0.25, 0.3) is 0 Å². The lowest BCUT2D eigenvalue weighted by molar-refractivity contribution is -0.146. The first-order chi connectivity index (χ1) is 10.3. The highest BCUT2D eigenvalue weighted by Crippen LogP contribution is 2.21. The van der Waals surface area contributed by atoms with E-state index in [9.17, 15) is 9.59 Å². The fourth-order valence-electron chi connectivity index (χ4n) is 1.94. The van der Waals surface area contributed by atoms with Gasteiger partial charge in [-0.3, -0.25) is 4.79 Å². The van der Waals surface area contributed by atoms with Crippen molar-refractivity contribution < 1.29 is 14.3 Å². The van der Waals surface area contributed by atoms with E-state index in [2.05, 4.69) is 37.4 Å². The van der Waals surface area contributed by atoms with E-state index in [1.165, 1.54) is 18.2 Å². The van der Waals surface area contributed by atoms with Gasteiger partial charge in [0.2, 0.25) is 5.91 Å². The summed E-state index contributed by atoms with van der Waals surface area (Å²) >= 11 is 1.64. The van der Waals surface area contributed by atoms with Crippen LogP contribution < -0.4 is 5.32 Å². The molecule has 5 heteroatoms. The highest BCUT2D eigenvalue weighted by molar-refractivity contribution is 7.99. The summed E-state index contributed by atoms with van der Waals surface area (Å²) in [6.45, 7) is 7.92. The van der Waals surface area contributed by atoms with Crippen LogP contribution in [0, 0.1) is 19.8 Å². The number of esters is 1. The zero-order chi connectivity index (χ0) is 16.7. The third kappa shape index (κ3) is 5.72. The van der Waals surface area contributed by atoms with Gasteiger partial charge in [-0.25, -0.2) is 4.79 Å². The molecule has 0 radical (unpaired) electrons. The Morgan fingerprint density at radius 2 is 1.91 bits per heavy atom. The van der Waals surface area contributed by atoms with Gasteiger partial charge in [-0.2, -0.15) is 0 Å². The third-order valence-electron chi connectivity index (χ3n) is 3.51. The van der Waals surface area contributed by atoms with Gasteiger partial charge in [0, 0.05) is 17.1 Å². The maximum Gasteiger partial charge on any atom is 0.328 e. The Balaban J connectivity index is 2.45. The highest BCUT2D eigenvalue weighted by Gasteiger charge is 2.24. The van der Waals surface area contributed by atoms with E-state index in [1.807, 2.05) is 13.8 Å². The third-order valence-corrected chi connectivity index (χ3v) is 4.51. The van der Waals surface area contributed by atoms with E-state index in [1.54, 1.807) is 11.8 Å². The van der Waals surface area contributed by atoms with Gasteiger partial charge >= 0.3 is 5.97 Å². The van der Waals surface area contributed by atoms with Crippen molar-refractivity contribution in [3.05, 3.63) is 29.3 Å². The molecule has 0 heterocycles. The first-order valence-electron chi connectivity index (χ1n) is 7.42. The predicted octanol–water partition coefficient (Wildman–Crippen LogP) is 3.10. The number of methoxy groups -OCH3 is 1. The first kappa shape index (κ1) is 18.6. The molecular formula is C17H25NO3S. The Bertz CT molecular complexity index is 529. The van der Waals surface area contributed by atoms with Gasteiger partial charge in [0.05, 0.1) is 7.11 Å².